The molecular weight excluding hydrogens is 504 g/mol. The minimum absolute atomic E-state index is 0.571. The van der Waals surface area contributed by atoms with Gasteiger partial charge in [-0.2, -0.15) is 0 Å². The van der Waals surface area contributed by atoms with Crippen molar-refractivity contribution in [1.82, 2.24) is 19.9 Å². The summed E-state index contributed by atoms with van der Waals surface area (Å²) in [6, 6.07) is 41.3. The molecule has 5 heteroatoms. The maximum atomic E-state index is 6.15. The van der Waals surface area contributed by atoms with Crippen molar-refractivity contribution in [3.63, 3.8) is 0 Å². The van der Waals surface area contributed by atoms with Gasteiger partial charge in [-0.3, -0.25) is 4.98 Å². The van der Waals surface area contributed by atoms with Crippen LogP contribution >= 0.6 is 0 Å². The number of benzene rings is 5. The van der Waals surface area contributed by atoms with Crippen molar-refractivity contribution < 1.29 is 4.42 Å². The first kappa shape index (κ1) is 23.2. The van der Waals surface area contributed by atoms with Crippen molar-refractivity contribution in [3.05, 3.63) is 134 Å². The van der Waals surface area contributed by atoms with E-state index in [9.17, 15) is 0 Å². The summed E-state index contributed by atoms with van der Waals surface area (Å²) in [7, 11) is 0. The highest BCUT2D eigenvalue weighted by atomic mass is 16.3. The molecule has 0 radical (unpaired) electrons. The molecule has 0 atom stereocenters. The largest absolute Gasteiger partial charge is 0.456 e. The Morgan fingerprint density at radius 3 is 2.02 bits per heavy atom. The first-order valence-corrected chi connectivity index (χ1v) is 13.5. The van der Waals surface area contributed by atoms with Gasteiger partial charge in [0.25, 0.3) is 0 Å². The van der Waals surface area contributed by atoms with Crippen molar-refractivity contribution in [1.29, 1.82) is 0 Å². The molecule has 0 N–H and O–H groups in total. The molecule has 192 valence electrons. The third kappa shape index (κ3) is 4.12. The number of furan rings is 1. The van der Waals surface area contributed by atoms with Crippen molar-refractivity contribution in [3.8, 4) is 45.3 Å². The van der Waals surface area contributed by atoms with Gasteiger partial charge >= 0.3 is 0 Å². The second-order valence-electron chi connectivity index (χ2n) is 9.96. The fourth-order valence-corrected chi connectivity index (χ4v) is 5.39. The van der Waals surface area contributed by atoms with E-state index in [2.05, 4.69) is 77.8 Å². The molecule has 3 heterocycles. The standard InChI is InChI=1S/C36H22N4O/c1-2-8-26-21-27(19-16-23(26)7-1)24-14-17-25(18-15-24)34-38-35(28-9-6-20-37-22-28)40-36(39-34)30-11-5-13-32-33(30)29-10-3-4-12-31(29)41-32/h1-22H. The van der Waals surface area contributed by atoms with E-state index in [1.165, 1.54) is 16.3 Å². The topological polar surface area (TPSA) is 64.7 Å². The molecule has 0 fully saturated rings. The third-order valence-corrected chi connectivity index (χ3v) is 7.42. The highest BCUT2D eigenvalue weighted by Gasteiger charge is 2.17. The maximum absolute atomic E-state index is 6.15. The lowest BCUT2D eigenvalue weighted by molar-refractivity contribution is 0.669. The van der Waals surface area contributed by atoms with E-state index in [0.29, 0.717) is 17.5 Å². The van der Waals surface area contributed by atoms with Gasteiger partial charge in [-0.15, -0.1) is 0 Å². The van der Waals surface area contributed by atoms with Crippen molar-refractivity contribution in [2.24, 2.45) is 0 Å². The molecule has 8 aromatic rings. The number of nitrogens with zero attached hydrogens (tertiary/aromatic N) is 4. The number of fused-ring (bicyclic) bond motifs is 4. The minimum Gasteiger partial charge on any atom is -0.456 e. The zero-order valence-electron chi connectivity index (χ0n) is 21.9. The molecule has 0 aliphatic carbocycles. The SMILES string of the molecule is c1cncc(-c2nc(-c3ccc(-c4ccc5ccccc5c4)cc3)nc(-c3cccc4oc5ccccc5c34)n2)c1. The summed E-state index contributed by atoms with van der Waals surface area (Å²) in [5.74, 6) is 1.76. The van der Waals surface area contributed by atoms with Gasteiger partial charge in [0.2, 0.25) is 0 Å². The Morgan fingerprint density at radius 2 is 1.17 bits per heavy atom. The van der Waals surface area contributed by atoms with E-state index in [4.69, 9.17) is 19.4 Å². The molecule has 0 saturated carbocycles. The number of pyridine rings is 1. The van der Waals surface area contributed by atoms with E-state index in [-0.39, 0.29) is 0 Å². The van der Waals surface area contributed by atoms with Gasteiger partial charge < -0.3 is 4.42 Å². The van der Waals surface area contributed by atoms with E-state index in [1.54, 1.807) is 12.4 Å². The summed E-state index contributed by atoms with van der Waals surface area (Å²) in [6.07, 6.45) is 3.52. The van der Waals surface area contributed by atoms with Crippen molar-refractivity contribution >= 4 is 32.7 Å². The van der Waals surface area contributed by atoms with Crippen LogP contribution in [0.15, 0.2) is 138 Å². The molecule has 0 bridgehead atoms. The fourth-order valence-electron chi connectivity index (χ4n) is 5.39. The molecular formula is C36H22N4O. The molecule has 0 amide bonds. The van der Waals surface area contributed by atoms with Gasteiger partial charge in [0.05, 0.1) is 0 Å². The van der Waals surface area contributed by atoms with Crippen LogP contribution in [0.1, 0.15) is 0 Å². The molecule has 0 saturated heterocycles. The van der Waals surface area contributed by atoms with Gasteiger partial charge in [-0.25, -0.2) is 15.0 Å². The summed E-state index contributed by atoms with van der Waals surface area (Å²) < 4.78 is 6.15. The Bertz CT molecular complexity index is 2200. The molecule has 0 spiro atoms. The minimum atomic E-state index is 0.571. The lowest BCUT2D eigenvalue weighted by atomic mass is 10.00. The lowest BCUT2D eigenvalue weighted by Crippen LogP contribution is -2.00. The maximum Gasteiger partial charge on any atom is 0.165 e. The Balaban J connectivity index is 1.28. The smallest absolute Gasteiger partial charge is 0.165 e. The van der Waals surface area contributed by atoms with Gasteiger partial charge in [0, 0.05) is 39.9 Å². The van der Waals surface area contributed by atoms with Crippen LogP contribution in [0.4, 0.5) is 0 Å². The number of hydrogen-bond donors (Lipinski definition) is 0. The predicted molar refractivity (Wildman–Crippen MR) is 164 cm³/mol. The first-order chi connectivity index (χ1) is 20.3. The van der Waals surface area contributed by atoms with Gasteiger partial charge in [-0.05, 0) is 52.2 Å². The molecule has 0 unspecified atom stereocenters. The van der Waals surface area contributed by atoms with E-state index >= 15 is 0 Å². The number of rotatable bonds is 4. The van der Waals surface area contributed by atoms with E-state index in [1.807, 2.05) is 48.5 Å². The van der Waals surface area contributed by atoms with E-state index in [0.717, 1.165) is 44.2 Å². The molecule has 3 aromatic heterocycles. The van der Waals surface area contributed by atoms with Crippen LogP contribution in [0.2, 0.25) is 0 Å². The summed E-state index contributed by atoms with van der Waals surface area (Å²) >= 11 is 0. The predicted octanol–water partition coefficient (Wildman–Crippen LogP) is 8.99. The Kier molecular flexibility index (Phi) is 5.38. The highest BCUT2D eigenvalue weighted by molar-refractivity contribution is 6.11. The molecule has 8 rings (SSSR count). The number of hydrogen-bond acceptors (Lipinski definition) is 5. The van der Waals surface area contributed by atoms with Crippen LogP contribution in [0, 0.1) is 0 Å². The number of aromatic nitrogens is 4. The monoisotopic (exact) mass is 526 g/mol. The summed E-state index contributed by atoms with van der Waals surface area (Å²) in [4.78, 5) is 19.1. The average molecular weight is 527 g/mol. The quantitative estimate of drug-likeness (QED) is 0.229. The summed E-state index contributed by atoms with van der Waals surface area (Å²) in [5.41, 5.74) is 6.57. The second kappa shape index (κ2) is 9.50. The van der Waals surface area contributed by atoms with Crippen LogP contribution < -0.4 is 0 Å². The van der Waals surface area contributed by atoms with Gasteiger partial charge in [0.1, 0.15) is 11.2 Å². The first-order valence-electron chi connectivity index (χ1n) is 13.5. The van der Waals surface area contributed by atoms with Gasteiger partial charge in [0.15, 0.2) is 17.5 Å². The van der Waals surface area contributed by atoms with Gasteiger partial charge in [-0.1, -0.05) is 91.0 Å². The zero-order valence-corrected chi connectivity index (χ0v) is 21.9. The molecule has 0 aliphatic rings. The summed E-state index contributed by atoms with van der Waals surface area (Å²) in [6.45, 7) is 0. The average Bonchev–Trinajstić information content (AvgIpc) is 3.44. The van der Waals surface area contributed by atoms with Crippen molar-refractivity contribution in [2.75, 3.05) is 0 Å². The fraction of sp³-hybridized carbons (Fsp3) is 0. The Morgan fingerprint density at radius 1 is 0.463 bits per heavy atom. The van der Waals surface area contributed by atoms with Crippen LogP contribution in [-0.2, 0) is 0 Å². The molecule has 5 nitrogen and oxygen atoms in total. The van der Waals surface area contributed by atoms with Crippen LogP contribution in [0.3, 0.4) is 0 Å². The Labute approximate surface area is 235 Å². The zero-order chi connectivity index (χ0) is 27.2. The van der Waals surface area contributed by atoms with Crippen LogP contribution in [0.5, 0.6) is 0 Å². The third-order valence-electron chi connectivity index (χ3n) is 7.42. The lowest BCUT2D eigenvalue weighted by Gasteiger charge is -2.10. The highest BCUT2D eigenvalue weighted by Crippen LogP contribution is 2.36. The molecule has 0 aliphatic heterocycles. The number of para-hydroxylation sites is 1. The van der Waals surface area contributed by atoms with E-state index < -0.39 is 0 Å². The molecule has 41 heavy (non-hydrogen) atoms. The summed E-state index contributed by atoms with van der Waals surface area (Å²) in [5, 5.41) is 4.47. The molecule has 5 aromatic carbocycles. The van der Waals surface area contributed by atoms with Crippen LogP contribution in [-0.4, -0.2) is 19.9 Å². The second-order valence-corrected chi connectivity index (χ2v) is 9.96. The normalized spacial score (nSPS) is 11.4. The van der Waals surface area contributed by atoms with Crippen molar-refractivity contribution in [2.45, 2.75) is 0 Å². The van der Waals surface area contributed by atoms with Crippen LogP contribution in [0.25, 0.3) is 78.0 Å². The Hall–Kier alpha value is -5.68.